The molecule has 1 aliphatic heterocycles. The summed E-state index contributed by atoms with van der Waals surface area (Å²) in [5, 5.41) is 2.69. The molecule has 0 aromatic rings. The Labute approximate surface area is 129 Å². The molecule has 0 spiro atoms. The van der Waals surface area contributed by atoms with E-state index in [1.165, 1.54) is 18.4 Å². The Morgan fingerprint density at radius 3 is 2.50 bits per heavy atom. The first-order valence-corrected chi connectivity index (χ1v) is 7.66. The molecule has 0 aromatic heterocycles. The van der Waals surface area contributed by atoms with E-state index in [0.29, 0.717) is 11.4 Å². The number of hydrogen-bond donors (Lipinski definition) is 1. The van der Waals surface area contributed by atoms with Crippen molar-refractivity contribution in [3.05, 3.63) is 11.6 Å². The third kappa shape index (κ3) is 3.52. The van der Waals surface area contributed by atoms with E-state index in [4.69, 9.17) is 0 Å². The zero-order valence-electron chi connectivity index (χ0n) is 12.8. The van der Waals surface area contributed by atoms with Crippen LogP contribution < -0.4 is 5.32 Å². The highest BCUT2D eigenvalue weighted by Crippen LogP contribution is 2.19. The van der Waals surface area contributed by atoms with Gasteiger partial charge >= 0.3 is 17.8 Å². The normalized spacial score (nSPS) is 18.8. The Bertz CT molecular complexity index is 527. The molecule has 2 rings (SSSR count). The monoisotopic (exact) mass is 307 g/mol. The standard InChI is InChI=1S/C15H21N3O4/c1-2-17-13(20)14(21)18(15(17)22)10-12(19)16-9-8-11-6-4-3-5-7-11/h6H,2-5,7-10H2,1H3,(H,16,19). The highest BCUT2D eigenvalue weighted by molar-refractivity contribution is 6.45. The van der Waals surface area contributed by atoms with Crippen LogP contribution in [0.2, 0.25) is 0 Å². The van der Waals surface area contributed by atoms with Crippen molar-refractivity contribution < 1.29 is 19.2 Å². The van der Waals surface area contributed by atoms with Crippen LogP contribution in [0.3, 0.4) is 0 Å². The summed E-state index contributed by atoms with van der Waals surface area (Å²) in [5.74, 6) is -2.23. The minimum atomic E-state index is -0.933. The fourth-order valence-electron chi connectivity index (χ4n) is 2.66. The van der Waals surface area contributed by atoms with E-state index >= 15 is 0 Å². The van der Waals surface area contributed by atoms with E-state index in [2.05, 4.69) is 11.4 Å². The van der Waals surface area contributed by atoms with Gasteiger partial charge in [0.2, 0.25) is 5.91 Å². The molecule has 0 radical (unpaired) electrons. The second-order valence-electron chi connectivity index (χ2n) is 5.43. The molecule has 0 aromatic carbocycles. The molecule has 0 unspecified atom stereocenters. The second kappa shape index (κ2) is 7.20. The lowest BCUT2D eigenvalue weighted by Crippen LogP contribution is -2.41. The molecular weight excluding hydrogens is 286 g/mol. The second-order valence-corrected chi connectivity index (χ2v) is 5.43. The van der Waals surface area contributed by atoms with Crippen LogP contribution >= 0.6 is 0 Å². The largest absolute Gasteiger partial charge is 0.354 e. The molecular formula is C15H21N3O4. The van der Waals surface area contributed by atoms with Gasteiger partial charge in [-0.2, -0.15) is 0 Å². The molecule has 1 aliphatic carbocycles. The molecule has 0 bridgehead atoms. The third-order valence-electron chi connectivity index (χ3n) is 3.91. The average molecular weight is 307 g/mol. The molecule has 1 N–H and O–H groups in total. The first-order chi connectivity index (χ1) is 10.5. The molecule has 2 aliphatic rings. The quantitative estimate of drug-likeness (QED) is 0.447. The molecule has 0 atom stereocenters. The topological polar surface area (TPSA) is 86.8 Å². The lowest BCUT2D eigenvalue weighted by molar-refractivity contribution is -0.143. The summed E-state index contributed by atoms with van der Waals surface area (Å²) in [4.78, 5) is 48.4. The maximum atomic E-state index is 11.8. The minimum Gasteiger partial charge on any atom is -0.354 e. The van der Waals surface area contributed by atoms with Gasteiger partial charge in [0.15, 0.2) is 0 Å². The number of nitrogens with zero attached hydrogens (tertiary/aromatic N) is 2. The Morgan fingerprint density at radius 2 is 1.91 bits per heavy atom. The summed E-state index contributed by atoms with van der Waals surface area (Å²) in [5.41, 5.74) is 1.34. The van der Waals surface area contributed by atoms with Gasteiger partial charge < -0.3 is 5.32 Å². The van der Waals surface area contributed by atoms with Gasteiger partial charge in [-0.05, 0) is 39.0 Å². The fraction of sp³-hybridized carbons (Fsp3) is 0.600. The van der Waals surface area contributed by atoms with Crippen LogP contribution in [0.25, 0.3) is 0 Å². The predicted octanol–water partition coefficient (Wildman–Crippen LogP) is 0.804. The SMILES string of the molecule is CCN1C(=O)C(=O)N(CC(=O)NCCC2=CCCCC2)C1=O. The van der Waals surface area contributed by atoms with Crippen molar-refractivity contribution in [1.29, 1.82) is 0 Å². The lowest BCUT2D eigenvalue weighted by atomic mass is 9.97. The number of nitrogens with one attached hydrogen (secondary N) is 1. The van der Waals surface area contributed by atoms with E-state index in [1.807, 2.05) is 0 Å². The number of rotatable bonds is 6. The molecule has 120 valence electrons. The molecule has 0 saturated carbocycles. The van der Waals surface area contributed by atoms with Crippen LogP contribution in [-0.4, -0.2) is 53.2 Å². The van der Waals surface area contributed by atoms with Gasteiger partial charge in [0.1, 0.15) is 6.54 Å². The molecule has 5 amide bonds. The summed E-state index contributed by atoms with van der Waals surface area (Å²) in [6.07, 6.45) is 7.56. The molecule has 7 nitrogen and oxygen atoms in total. The van der Waals surface area contributed by atoms with Gasteiger partial charge in [-0.15, -0.1) is 0 Å². The Kier molecular flexibility index (Phi) is 5.30. The number of carbonyl (C=O) groups excluding carboxylic acids is 4. The molecule has 1 heterocycles. The maximum absolute atomic E-state index is 11.8. The van der Waals surface area contributed by atoms with Crippen LogP contribution in [0, 0.1) is 0 Å². The molecule has 22 heavy (non-hydrogen) atoms. The third-order valence-corrected chi connectivity index (χ3v) is 3.91. The van der Waals surface area contributed by atoms with Crippen LogP contribution in [0.4, 0.5) is 4.79 Å². The summed E-state index contributed by atoms with van der Waals surface area (Å²) in [6.45, 7) is 1.80. The van der Waals surface area contributed by atoms with Crippen LogP contribution in [0.5, 0.6) is 0 Å². The van der Waals surface area contributed by atoms with E-state index < -0.39 is 30.3 Å². The summed E-state index contributed by atoms with van der Waals surface area (Å²) < 4.78 is 0. The smallest absolute Gasteiger partial charge is 0.334 e. The zero-order chi connectivity index (χ0) is 16.1. The van der Waals surface area contributed by atoms with Gasteiger partial charge in [-0.3, -0.25) is 19.3 Å². The van der Waals surface area contributed by atoms with Gasteiger partial charge in [0.05, 0.1) is 0 Å². The van der Waals surface area contributed by atoms with Crippen molar-refractivity contribution in [3.63, 3.8) is 0 Å². The molecule has 7 heteroatoms. The predicted molar refractivity (Wildman–Crippen MR) is 78.7 cm³/mol. The summed E-state index contributed by atoms with van der Waals surface area (Å²) in [6, 6.07) is -0.720. The van der Waals surface area contributed by atoms with E-state index in [9.17, 15) is 19.2 Å². The number of amides is 5. The Morgan fingerprint density at radius 1 is 1.18 bits per heavy atom. The van der Waals surface area contributed by atoms with Gasteiger partial charge in [-0.1, -0.05) is 11.6 Å². The minimum absolute atomic E-state index is 0.121. The van der Waals surface area contributed by atoms with Crippen LogP contribution in [0.15, 0.2) is 11.6 Å². The molecule has 1 fully saturated rings. The summed E-state index contributed by atoms with van der Waals surface area (Å²) in [7, 11) is 0. The average Bonchev–Trinajstić information content (AvgIpc) is 2.72. The van der Waals surface area contributed by atoms with E-state index in [0.717, 1.165) is 24.2 Å². The first kappa shape index (κ1) is 16.2. The summed E-state index contributed by atoms with van der Waals surface area (Å²) >= 11 is 0. The van der Waals surface area contributed by atoms with Crippen molar-refractivity contribution in [2.75, 3.05) is 19.6 Å². The van der Waals surface area contributed by atoms with E-state index in [1.54, 1.807) is 6.92 Å². The number of hydrogen-bond acceptors (Lipinski definition) is 4. The van der Waals surface area contributed by atoms with Crippen molar-refractivity contribution in [1.82, 2.24) is 15.1 Å². The molecule has 1 saturated heterocycles. The number of urea groups is 1. The van der Waals surface area contributed by atoms with Crippen molar-refractivity contribution in [2.45, 2.75) is 39.0 Å². The zero-order valence-corrected chi connectivity index (χ0v) is 12.8. The number of imide groups is 2. The highest BCUT2D eigenvalue weighted by atomic mass is 16.2. The fourth-order valence-corrected chi connectivity index (χ4v) is 2.66. The van der Waals surface area contributed by atoms with Crippen LogP contribution in [0.1, 0.15) is 39.0 Å². The van der Waals surface area contributed by atoms with E-state index in [-0.39, 0.29) is 6.54 Å². The highest BCUT2D eigenvalue weighted by Gasteiger charge is 2.44. The van der Waals surface area contributed by atoms with Crippen LogP contribution in [-0.2, 0) is 14.4 Å². The lowest BCUT2D eigenvalue weighted by Gasteiger charge is -2.15. The number of carbonyl (C=O) groups is 4. The first-order valence-electron chi connectivity index (χ1n) is 7.66. The number of likely N-dealkylation sites (N-methyl/N-ethyl adjacent to an activating group) is 1. The van der Waals surface area contributed by atoms with Gasteiger partial charge in [-0.25, -0.2) is 9.69 Å². The van der Waals surface area contributed by atoms with Gasteiger partial charge in [0, 0.05) is 13.1 Å². The van der Waals surface area contributed by atoms with Crippen molar-refractivity contribution in [2.24, 2.45) is 0 Å². The Balaban J connectivity index is 1.79. The maximum Gasteiger partial charge on any atom is 0.334 e. The van der Waals surface area contributed by atoms with Crippen molar-refractivity contribution >= 4 is 23.8 Å². The number of allylic oxidation sites excluding steroid dienone is 1. The van der Waals surface area contributed by atoms with Crippen molar-refractivity contribution in [3.8, 4) is 0 Å². The van der Waals surface area contributed by atoms with Gasteiger partial charge in [0.25, 0.3) is 0 Å². The Hall–Kier alpha value is -2.18.